The molecule has 0 N–H and O–H groups in total. The molecule has 96 valence electrons. The van der Waals surface area contributed by atoms with Gasteiger partial charge in [-0.2, -0.15) is 0 Å². The fourth-order valence-electron chi connectivity index (χ4n) is 1.83. The van der Waals surface area contributed by atoms with Crippen molar-refractivity contribution >= 4 is 23.2 Å². The van der Waals surface area contributed by atoms with Gasteiger partial charge in [0, 0.05) is 17.5 Å². The van der Waals surface area contributed by atoms with Gasteiger partial charge in [0.25, 0.3) is 0 Å². The topological polar surface area (TPSA) is 34.1 Å². The van der Waals surface area contributed by atoms with Crippen LogP contribution in [0.25, 0.3) is 0 Å². The average molecular weight is 273 g/mol. The molecule has 0 aliphatic carbocycles. The van der Waals surface area contributed by atoms with Crippen LogP contribution in [0, 0.1) is 0 Å². The van der Waals surface area contributed by atoms with E-state index in [2.05, 4.69) is 0 Å². The Morgan fingerprint density at radius 2 is 1.63 bits per heavy atom. The number of carbonyl (C=O) groups excluding carboxylic acids is 2. The zero-order valence-electron chi connectivity index (χ0n) is 10.5. The molecular formula is C16H13ClO2. The number of Topliss-reactive ketones (excluding diaryl/α,β-unsaturated/α-hetero) is 2. The first-order valence-electron chi connectivity index (χ1n) is 5.95. The first-order valence-corrected chi connectivity index (χ1v) is 6.33. The summed E-state index contributed by atoms with van der Waals surface area (Å²) < 4.78 is 0. The van der Waals surface area contributed by atoms with Crippen LogP contribution in [0.2, 0.25) is 5.02 Å². The number of hydrogen-bond donors (Lipinski definition) is 0. The van der Waals surface area contributed by atoms with Gasteiger partial charge in [0.05, 0.1) is 5.02 Å². The molecule has 0 heterocycles. The predicted octanol–water partition coefficient (Wildman–Crippen LogP) is 3.97. The fourth-order valence-corrected chi connectivity index (χ4v) is 2.07. The first-order chi connectivity index (χ1) is 9.08. The number of rotatable bonds is 4. The molecule has 0 aromatic heterocycles. The third-order valence-corrected chi connectivity index (χ3v) is 3.23. The van der Waals surface area contributed by atoms with Crippen molar-refractivity contribution in [2.45, 2.75) is 13.3 Å². The zero-order chi connectivity index (χ0) is 13.8. The molecule has 0 saturated carbocycles. The Balaban J connectivity index is 2.15. The van der Waals surface area contributed by atoms with Crippen molar-refractivity contribution in [2.24, 2.45) is 0 Å². The van der Waals surface area contributed by atoms with Crippen LogP contribution in [-0.2, 0) is 6.42 Å². The lowest BCUT2D eigenvalue weighted by atomic mass is 10.0. The SMILES string of the molecule is CC(=O)c1ccc(CC(=O)c2ccccc2Cl)cc1. The quantitative estimate of drug-likeness (QED) is 0.789. The maximum Gasteiger partial charge on any atom is 0.168 e. The smallest absolute Gasteiger partial charge is 0.168 e. The van der Waals surface area contributed by atoms with Crippen molar-refractivity contribution in [2.75, 3.05) is 0 Å². The Morgan fingerprint density at radius 3 is 2.21 bits per heavy atom. The van der Waals surface area contributed by atoms with Crippen LogP contribution >= 0.6 is 11.6 Å². The highest BCUT2D eigenvalue weighted by atomic mass is 35.5. The Hall–Kier alpha value is -1.93. The molecule has 2 aromatic rings. The average Bonchev–Trinajstić information content (AvgIpc) is 2.39. The van der Waals surface area contributed by atoms with Gasteiger partial charge in [0.15, 0.2) is 11.6 Å². The number of halogens is 1. The second-order valence-electron chi connectivity index (χ2n) is 4.33. The molecule has 0 saturated heterocycles. The third-order valence-electron chi connectivity index (χ3n) is 2.90. The normalized spacial score (nSPS) is 10.2. The lowest BCUT2D eigenvalue weighted by molar-refractivity contribution is 0.0991. The van der Waals surface area contributed by atoms with E-state index in [0.717, 1.165) is 5.56 Å². The molecule has 3 heteroatoms. The molecule has 0 aliphatic rings. The summed E-state index contributed by atoms with van der Waals surface area (Å²) in [5.74, 6) is -0.00912. The van der Waals surface area contributed by atoms with Crippen molar-refractivity contribution in [3.63, 3.8) is 0 Å². The maximum absolute atomic E-state index is 12.1. The van der Waals surface area contributed by atoms with E-state index in [9.17, 15) is 9.59 Å². The molecule has 2 nitrogen and oxygen atoms in total. The van der Waals surface area contributed by atoms with Gasteiger partial charge in [-0.1, -0.05) is 48.0 Å². The molecule has 0 atom stereocenters. The minimum Gasteiger partial charge on any atom is -0.295 e. The Kier molecular flexibility index (Phi) is 4.13. The third kappa shape index (κ3) is 3.30. The van der Waals surface area contributed by atoms with Crippen LogP contribution in [0.5, 0.6) is 0 Å². The van der Waals surface area contributed by atoms with E-state index in [1.807, 2.05) is 0 Å². The summed E-state index contributed by atoms with van der Waals surface area (Å²) in [7, 11) is 0. The predicted molar refractivity (Wildman–Crippen MR) is 75.9 cm³/mol. The van der Waals surface area contributed by atoms with Gasteiger partial charge in [-0.25, -0.2) is 0 Å². The van der Waals surface area contributed by atoms with Crippen LogP contribution in [0.15, 0.2) is 48.5 Å². The Bertz CT molecular complexity index is 615. The first kappa shape index (κ1) is 13.5. The van der Waals surface area contributed by atoms with Crippen LogP contribution < -0.4 is 0 Å². The number of ketones is 2. The standard InChI is InChI=1S/C16H13ClO2/c1-11(18)13-8-6-12(7-9-13)10-16(19)14-4-2-3-5-15(14)17/h2-9H,10H2,1H3. The summed E-state index contributed by atoms with van der Waals surface area (Å²) in [6.45, 7) is 1.52. The largest absolute Gasteiger partial charge is 0.295 e. The maximum atomic E-state index is 12.1. The lowest BCUT2D eigenvalue weighted by Gasteiger charge is -2.04. The highest BCUT2D eigenvalue weighted by molar-refractivity contribution is 6.34. The van der Waals surface area contributed by atoms with Crippen molar-refractivity contribution in [1.82, 2.24) is 0 Å². The summed E-state index contributed by atoms with van der Waals surface area (Å²) >= 11 is 5.99. The summed E-state index contributed by atoms with van der Waals surface area (Å²) in [5.41, 5.74) is 2.05. The van der Waals surface area contributed by atoms with Crippen LogP contribution in [-0.4, -0.2) is 11.6 Å². The molecule has 0 radical (unpaired) electrons. The zero-order valence-corrected chi connectivity index (χ0v) is 11.3. The molecular weight excluding hydrogens is 260 g/mol. The van der Waals surface area contributed by atoms with E-state index in [0.29, 0.717) is 16.1 Å². The summed E-state index contributed by atoms with van der Waals surface area (Å²) in [6.07, 6.45) is 0.280. The van der Waals surface area contributed by atoms with E-state index in [4.69, 9.17) is 11.6 Å². The van der Waals surface area contributed by atoms with Crippen LogP contribution in [0.4, 0.5) is 0 Å². The summed E-state index contributed by atoms with van der Waals surface area (Å²) in [4.78, 5) is 23.3. The minimum absolute atomic E-state index is 0.0176. The van der Waals surface area contributed by atoms with E-state index in [-0.39, 0.29) is 18.0 Å². The van der Waals surface area contributed by atoms with Gasteiger partial charge in [0.1, 0.15) is 0 Å². The summed E-state index contributed by atoms with van der Waals surface area (Å²) in [5, 5.41) is 0.466. The van der Waals surface area contributed by atoms with Gasteiger partial charge in [-0.3, -0.25) is 9.59 Å². The molecule has 19 heavy (non-hydrogen) atoms. The molecule has 0 aliphatic heterocycles. The van der Waals surface area contributed by atoms with Crippen molar-refractivity contribution in [1.29, 1.82) is 0 Å². The van der Waals surface area contributed by atoms with Gasteiger partial charge in [0.2, 0.25) is 0 Å². The highest BCUT2D eigenvalue weighted by Crippen LogP contribution is 2.17. The lowest BCUT2D eigenvalue weighted by Crippen LogP contribution is -2.04. The summed E-state index contributed by atoms with van der Waals surface area (Å²) in [6, 6.07) is 14.1. The minimum atomic E-state index is -0.0267. The second-order valence-corrected chi connectivity index (χ2v) is 4.74. The van der Waals surface area contributed by atoms with E-state index in [1.165, 1.54) is 6.92 Å². The van der Waals surface area contributed by atoms with Gasteiger partial charge in [-0.15, -0.1) is 0 Å². The fraction of sp³-hybridized carbons (Fsp3) is 0.125. The van der Waals surface area contributed by atoms with Crippen LogP contribution in [0.3, 0.4) is 0 Å². The van der Waals surface area contributed by atoms with Crippen molar-refractivity contribution in [3.05, 3.63) is 70.2 Å². The Morgan fingerprint density at radius 1 is 1.00 bits per heavy atom. The van der Waals surface area contributed by atoms with E-state index < -0.39 is 0 Å². The van der Waals surface area contributed by atoms with E-state index in [1.54, 1.807) is 48.5 Å². The molecule has 0 unspecified atom stereocenters. The van der Waals surface area contributed by atoms with Gasteiger partial charge in [-0.05, 0) is 24.6 Å². The molecule has 2 rings (SSSR count). The molecule has 0 spiro atoms. The number of hydrogen-bond acceptors (Lipinski definition) is 2. The van der Waals surface area contributed by atoms with Gasteiger partial charge < -0.3 is 0 Å². The molecule has 0 fully saturated rings. The van der Waals surface area contributed by atoms with Crippen molar-refractivity contribution < 1.29 is 9.59 Å². The van der Waals surface area contributed by atoms with Crippen molar-refractivity contribution in [3.8, 4) is 0 Å². The molecule has 0 bridgehead atoms. The molecule has 0 amide bonds. The van der Waals surface area contributed by atoms with E-state index >= 15 is 0 Å². The Labute approximate surface area is 117 Å². The monoisotopic (exact) mass is 272 g/mol. The van der Waals surface area contributed by atoms with Crippen LogP contribution in [0.1, 0.15) is 33.2 Å². The molecule has 2 aromatic carbocycles. The highest BCUT2D eigenvalue weighted by Gasteiger charge is 2.10. The van der Waals surface area contributed by atoms with Gasteiger partial charge >= 0.3 is 0 Å². The second kappa shape index (κ2) is 5.81. The number of carbonyl (C=O) groups is 2. The number of benzene rings is 2.